The summed E-state index contributed by atoms with van der Waals surface area (Å²) in [6.07, 6.45) is 8.18. The molecule has 1 aliphatic heterocycles. The molecule has 0 atom stereocenters. The topological polar surface area (TPSA) is 59.5 Å². The van der Waals surface area contributed by atoms with Gasteiger partial charge in [0.2, 0.25) is 0 Å². The predicted molar refractivity (Wildman–Crippen MR) is 96.5 cm³/mol. The molecular weight excluding hydrogens is 298 g/mol. The molecule has 0 bridgehead atoms. The molecule has 5 nitrogen and oxygen atoms in total. The quantitative estimate of drug-likeness (QED) is 0.805. The van der Waals surface area contributed by atoms with Gasteiger partial charge in [-0.1, -0.05) is 6.92 Å². The van der Waals surface area contributed by atoms with E-state index in [1.165, 1.54) is 18.5 Å². The van der Waals surface area contributed by atoms with Crippen LogP contribution in [0.15, 0.2) is 42.9 Å². The number of nitrogen functional groups attached to an aromatic ring is 1. The van der Waals surface area contributed by atoms with E-state index in [9.17, 15) is 0 Å². The van der Waals surface area contributed by atoms with E-state index in [4.69, 9.17) is 10.7 Å². The number of fused-ring (bicyclic) bond motifs is 1. The fraction of sp³-hybridized carbons (Fsp3) is 0.368. The first kappa shape index (κ1) is 15.1. The van der Waals surface area contributed by atoms with E-state index >= 15 is 0 Å². The summed E-state index contributed by atoms with van der Waals surface area (Å²) in [5, 5.41) is 0. The van der Waals surface area contributed by atoms with Crippen molar-refractivity contribution in [1.82, 2.24) is 19.3 Å². The fourth-order valence-corrected chi connectivity index (χ4v) is 3.43. The van der Waals surface area contributed by atoms with Crippen LogP contribution in [-0.2, 0) is 6.54 Å². The van der Waals surface area contributed by atoms with Crippen molar-refractivity contribution in [1.29, 1.82) is 0 Å². The van der Waals surface area contributed by atoms with Crippen molar-refractivity contribution >= 4 is 11.3 Å². The number of aromatic nitrogens is 3. The maximum Gasteiger partial charge on any atom is 0.137 e. The Bertz CT molecular complexity index is 832. The number of rotatable bonds is 3. The van der Waals surface area contributed by atoms with E-state index < -0.39 is 0 Å². The SMILES string of the molecule is CC1CCN(Cc2c(-c3cccnc3)nc3ccc(N)cn23)CC1. The van der Waals surface area contributed by atoms with Crippen LogP contribution in [0.1, 0.15) is 25.5 Å². The van der Waals surface area contributed by atoms with Crippen molar-refractivity contribution in [3.05, 3.63) is 48.5 Å². The van der Waals surface area contributed by atoms with Crippen molar-refractivity contribution in [3.8, 4) is 11.3 Å². The molecule has 0 unspecified atom stereocenters. The number of hydrogen-bond donors (Lipinski definition) is 1. The first-order valence-corrected chi connectivity index (χ1v) is 8.60. The normalized spacial score (nSPS) is 16.7. The molecule has 2 N–H and O–H groups in total. The molecule has 1 saturated heterocycles. The molecule has 0 aromatic carbocycles. The number of nitrogens with two attached hydrogens (primary N) is 1. The number of hydrogen-bond acceptors (Lipinski definition) is 4. The number of nitrogens with zero attached hydrogens (tertiary/aromatic N) is 4. The zero-order valence-corrected chi connectivity index (χ0v) is 14.0. The van der Waals surface area contributed by atoms with Gasteiger partial charge in [-0.3, -0.25) is 9.88 Å². The molecule has 0 amide bonds. The third-order valence-corrected chi connectivity index (χ3v) is 4.92. The maximum atomic E-state index is 6.02. The molecule has 1 fully saturated rings. The van der Waals surface area contributed by atoms with Gasteiger partial charge in [0.25, 0.3) is 0 Å². The minimum absolute atomic E-state index is 0.756. The summed E-state index contributed by atoms with van der Waals surface area (Å²) in [5.74, 6) is 0.830. The van der Waals surface area contributed by atoms with Crippen LogP contribution in [0.4, 0.5) is 5.69 Å². The number of pyridine rings is 2. The van der Waals surface area contributed by atoms with Crippen molar-refractivity contribution in [2.75, 3.05) is 18.8 Å². The second-order valence-electron chi connectivity index (χ2n) is 6.80. The smallest absolute Gasteiger partial charge is 0.137 e. The summed E-state index contributed by atoms with van der Waals surface area (Å²) in [6.45, 7) is 5.52. The van der Waals surface area contributed by atoms with E-state index in [1.807, 2.05) is 30.6 Å². The van der Waals surface area contributed by atoms with Crippen molar-refractivity contribution in [2.45, 2.75) is 26.3 Å². The summed E-state index contributed by atoms with van der Waals surface area (Å²) in [6, 6.07) is 7.92. The second kappa shape index (κ2) is 6.24. The number of imidazole rings is 1. The van der Waals surface area contributed by atoms with Gasteiger partial charge in [-0.2, -0.15) is 0 Å². The van der Waals surface area contributed by atoms with Crippen LogP contribution in [0.25, 0.3) is 16.9 Å². The van der Waals surface area contributed by atoms with E-state index in [0.717, 1.165) is 48.1 Å². The summed E-state index contributed by atoms with van der Waals surface area (Å²) >= 11 is 0. The van der Waals surface area contributed by atoms with Gasteiger partial charge in [0.1, 0.15) is 5.65 Å². The summed E-state index contributed by atoms with van der Waals surface area (Å²) in [4.78, 5) is 11.6. The van der Waals surface area contributed by atoms with Gasteiger partial charge in [0, 0.05) is 36.4 Å². The fourth-order valence-electron chi connectivity index (χ4n) is 3.43. The van der Waals surface area contributed by atoms with E-state index in [2.05, 4.69) is 27.3 Å². The molecule has 0 spiro atoms. The van der Waals surface area contributed by atoms with Gasteiger partial charge in [-0.15, -0.1) is 0 Å². The lowest BCUT2D eigenvalue weighted by Crippen LogP contribution is -2.32. The lowest BCUT2D eigenvalue weighted by Gasteiger charge is -2.30. The molecule has 5 heteroatoms. The molecule has 4 heterocycles. The van der Waals surface area contributed by atoms with Gasteiger partial charge < -0.3 is 10.1 Å². The molecule has 24 heavy (non-hydrogen) atoms. The first-order chi connectivity index (χ1) is 11.7. The van der Waals surface area contributed by atoms with Crippen LogP contribution in [0, 0.1) is 5.92 Å². The highest BCUT2D eigenvalue weighted by Gasteiger charge is 2.20. The van der Waals surface area contributed by atoms with Crippen LogP contribution in [0.2, 0.25) is 0 Å². The monoisotopic (exact) mass is 321 g/mol. The number of piperidine rings is 1. The molecule has 0 radical (unpaired) electrons. The first-order valence-electron chi connectivity index (χ1n) is 8.60. The largest absolute Gasteiger partial charge is 0.398 e. The average Bonchev–Trinajstić information content (AvgIpc) is 2.95. The van der Waals surface area contributed by atoms with Crippen LogP contribution < -0.4 is 5.73 Å². The van der Waals surface area contributed by atoms with Crippen molar-refractivity contribution in [2.24, 2.45) is 5.92 Å². The third-order valence-electron chi connectivity index (χ3n) is 4.92. The van der Waals surface area contributed by atoms with E-state index in [0.29, 0.717) is 0 Å². The summed E-state index contributed by atoms with van der Waals surface area (Å²) in [5.41, 5.74) is 11.0. The second-order valence-corrected chi connectivity index (χ2v) is 6.80. The van der Waals surface area contributed by atoms with E-state index in [1.54, 1.807) is 6.20 Å². The lowest BCUT2D eigenvalue weighted by molar-refractivity contribution is 0.183. The minimum Gasteiger partial charge on any atom is -0.398 e. The van der Waals surface area contributed by atoms with Gasteiger partial charge in [-0.05, 0) is 56.1 Å². The Hall–Kier alpha value is -2.40. The maximum absolute atomic E-state index is 6.02. The Balaban J connectivity index is 1.77. The standard InChI is InChI=1S/C19H23N5/c1-14-6-9-23(10-7-14)13-17-19(15-3-2-8-21-11-15)22-18-5-4-16(20)12-24(17)18/h2-5,8,11-12,14H,6-7,9-10,13,20H2,1H3. The Labute approximate surface area is 142 Å². The van der Waals surface area contributed by atoms with Gasteiger partial charge >= 0.3 is 0 Å². The van der Waals surface area contributed by atoms with Gasteiger partial charge in [0.05, 0.1) is 11.4 Å². The van der Waals surface area contributed by atoms with E-state index in [-0.39, 0.29) is 0 Å². The highest BCUT2D eigenvalue weighted by molar-refractivity contribution is 5.66. The zero-order valence-electron chi connectivity index (χ0n) is 14.0. The molecule has 4 rings (SSSR count). The summed E-state index contributed by atoms with van der Waals surface area (Å²) < 4.78 is 2.13. The van der Waals surface area contributed by atoms with Crippen LogP contribution in [0.3, 0.4) is 0 Å². The molecule has 0 saturated carbocycles. The molecular formula is C19H23N5. The predicted octanol–water partition coefficient (Wildman–Crippen LogP) is 3.21. The van der Waals surface area contributed by atoms with Gasteiger partial charge in [-0.25, -0.2) is 4.98 Å². The highest BCUT2D eigenvalue weighted by atomic mass is 15.2. The van der Waals surface area contributed by atoms with Crippen molar-refractivity contribution < 1.29 is 0 Å². The summed E-state index contributed by atoms with van der Waals surface area (Å²) in [7, 11) is 0. The third kappa shape index (κ3) is 2.87. The van der Waals surface area contributed by atoms with Gasteiger partial charge in [0.15, 0.2) is 0 Å². The molecule has 3 aromatic rings. The Morgan fingerprint density at radius 3 is 2.79 bits per heavy atom. The van der Waals surface area contributed by atoms with Crippen LogP contribution in [0.5, 0.6) is 0 Å². The average molecular weight is 321 g/mol. The highest BCUT2D eigenvalue weighted by Crippen LogP contribution is 2.27. The lowest BCUT2D eigenvalue weighted by atomic mass is 9.99. The van der Waals surface area contributed by atoms with Crippen molar-refractivity contribution in [3.63, 3.8) is 0 Å². The minimum atomic E-state index is 0.756. The Kier molecular flexibility index (Phi) is 3.94. The molecule has 3 aromatic heterocycles. The zero-order chi connectivity index (χ0) is 16.5. The number of anilines is 1. The number of likely N-dealkylation sites (tertiary alicyclic amines) is 1. The Morgan fingerprint density at radius 2 is 2.04 bits per heavy atom. The van der Waals surface area contributed by atoms with Crippen LogP contribution in [-0.4, -0.2) is 32.4 Å². The van der Waals surface area contributed by atoms with Crippen LogP contribution >= 0.6 is 0 Å². The molecule has 0 aliphatic carbocycles. The Morgan fingerprint density at radius 1 is 1.21 bits per heavy atom. The molecule has 124 valence electrons. The molecule has 1 aliphatic rings.